The van der Waals surface area contributed by atoms with Crippen molar-refractivity contribution < 1.29 is 31.1 Å². The lowest BCUT2D eigenvalue weighted by molar-refractivity contribution is -0.138. The van der Waals surface area contributed by atoms with Crippen LogP contribution in [0, 0.1) is 0 Å². The van der Waals surface area contributed by atoms with Crippen molar-refractivity contribution in [3.8, 4) is 0 Å². The third-order valence-electron chi connectivity index (χ3n) is 5.08. The normalized spacial score (nSPS) is 19.0. The molecule has 0 saturated heterocycles. The Labute approximate surface area is 178 Å². The minimum atomic E-state index is -4.48. The summed E-state index contributed by atoms with van der Waals surface area (Å²) >= 11 is 0. The van der Waals surface area contributed by atoms with Gasteiger partial charge in [0.2, 0.25) is 0 Å². The molecule has 10 heteroatoms. The number of allylic oxidation sites excluding steroid dienone is 1. The second kappa shape index (κ2) is 7.54. The number of nitrogens with zero attached hydrogens (tertiary/aromatic N) is 2. The standard InChI is InChI=1S/C22H15F6N3O/c1-12-17(13-2-6-15(7-3-13)21(23,24)25)10-19-29-18(11-20(32)31(19)30-12)14-4-8-16(9-5-14)22(26,27)28/h2-11,19,29H,1H3. The predicted octanol–water partition coefficient (Wildman–Crippen LogP) is 5.30. The van der Waals surface area contributed by atoms with E-state index in [1.54, 1.807) is 13.0 Å². The predicted molar refractivity (Wildman–Crippen MR) is 106 cm³/mol. The van der Waals surface area contributed by atoms with Gasteiger partial charge in [-0.2, -0.15) is 31.4 Å². The zero-order valence-electron chi connectivity index (χ0n) is 16.4. The van der Waals surface area contributed by atoms with E-state index in [1.165, 1.54) is 30.3 Å². The fourth-order valence-corrected chi connectivity index (χ4v) is 3.46. The van der Waals surface area contributed by atoms with Gasteiger partial charge in [0, 0.05) is 17.3 Å². The van der Waals surface area contributed by atoms with Gasteiger partial charge in [-0.25, -0.2) is 5.01 Å². The molecule has 2 aromatic carbocycles. The molecule has 0 aliphatic carbocycles. The van der Waals surface area contributed by atoms with Crippen LogP contribution in [0.5, 0.6) is 0 Å². The number of nitrogens with one attached hydrogen (secondary N) is 1. The van der Waals surface area contributed by atoms with Gasteiger partial charge in [0.25, 0.3) is 5.91 Å². The highest BCUT2D eigenvalue weighted by molar-refractivity contribution is 6.23. The smallest absolute Gasteiger partial charge is 0.360 e. The van der Waals surface area contributed by atoms with Crippen molar-refractivity contribution in [3.63, 3.8) is 0 Å². The van der Waals surface area contributed by atoms with Gasteiger partial charge in [0.1, 0.15) is 6.17 Å². The highest BCUT2D eigenvalue weighted by atomic mass is 19.4. The molecule has 166 valence electrons. The SMILES string of the molecule is CC1=NN2C(=O)C=C(c3ccc(C(F)(F)F)cc3)NC2C=C1c1ccc(C(F)(F)F)cc1. The first kappa shape index (κ1) is 21.7. The van der Waals surface area contributed by atoms with Crippen molar-refractivity contribution in [1.82, 2.24) is 10.3 Å². The molecule has 32 heavy (non-hydrogen) atoms. The maximum atomic E-state index is 12.8. The summed E-state index contributed by atoms with van der Waals surface area (Å²) in [6.07, 6.45) is -6.83. The Morgan fingerprint density at radius 3 is 1.84 bits per heavy atom. The number of alkyl halides is 6. The van der Waals surface area contributed by atoms with E-state index in [1.807, 2.05) is 0 Å². The number of benzene rings is 2. The first-order valence-electron chi connectivity index (χ1n) is 9.37. The largest absolute Gasteiger partial charge is 0.416 e. The van der Waals surface area contributed by atoms with Crippen LogP contribution in [0.15, 0.2) is 65.8 Å². The number of carbonyl (C=O) groups excluding carboxylic acids is 1. The van der Waals surface area contributed by atoms with Gasteiger partial charge in [-0.15, -0.1) is 0 Å². The van der Waals surface area contributed by atoms with Crippen LogP contribution < -0.4 is 5.32 Å². The van der Waals surface area contributed by atoms with Gasteiger partial charge >= 0.3 is 12.4 Å². The van der Waals surface area contributed by atoms with Gasteiger partial charge in [-0.1, -0.05) is 24.3 Å². The van der Waals surface area contributed by atoms with E-state index in [-0.39, 0.29) is 0 Å². The summed E-state index contributed by atoms with van der Waals surface area (Å²) in [5, 5.41) is 8.44. The van der Waals surface area contributed by atoms with Crippen molar-refractivity contribution in [3.05, 3.63) is 82.9 Å². The molecule has 4 rings (SSSR count). The van der Waals surface area contributed by atoms with Gasteiger partial charge in [0.15, 0.2) is 0 Å². The number of hydrazone groups is 1. The molecule has 2 heterocycles. The number of fused-ring (bicyclic) bond motifs is 1. The maximum absolute atomic E-state index is 12.8. The lowest BCUT2D eigenvalue weighted by Gasteiger charge is -2.35. The Bertz CT molecular complexity index is 1140. The number of hydrogen-bond acceptors (Lipinski definition) is 3. The molecular weight excluding hydrogens is 436 g/mol. The summed E-state index contributed by atoms with van der Waals surface area (Å²) < 4.78 is 76.9. The van der Waals surface area contributed by atoms with Crippen LogP contribution in [0.25, 0.3) is 11.3 Å². The van der Waals surface area contributed by atoms with Crippen LogP contribution >= 0.6 is 0 Å². The van der Waals surface area contributed by atoms with Gasteiger partial charge in [-0.05, 0) is 48.4 Å². The summed E-state index contributed by atoms with van der Waals surface area (Å²) in [6.45, 7) is 1.63. The summed E-state index contributed by atoms with van der Waals surface area (Å²) in [7, 11) is 0. The molecule has 1 atom stereocenters. The van der Waals surface area contributed by atoms with Gasteiger partial charge in [-0.3, -0.25) is 4.79 Å². The second-order valence-corrected chi connectivity index (χ2v) is 7.25. The Kier molecular flexibility index (Phi) is 5.10. The average Bonchev–Trinajstić information content (AvgIpc) is 2.73. The Balaban J connectivity index is 1.63. The topological polar surface area (TPSA) is 44.7 Å². The number of carbonyl (C=O) groups is 1. The molecule has 4 nitrogen and oxygen atoms in total. The maximum Gasteiger partial charge on any atom is 0.416 e. The monoisotopic (exact) mass is 451 g/mol. The Morgan fingerprint density at radius 2 is 1.34 bits per heavy atom. The summed E-state index contributed by atoms with van der Waals surface area (Å²) in [5.74, 6) is -0.481. The number of rotatable bonds is 2. The van der Waals surface area contributed by atoms with Gasteiger partial charge in [0.05, 0.1) is 16.8 Å². The molecule has 1 unspecified atom stereocenters. The minimum Gasteiger partial charge on any atom is -0.360 e. The highest BCUT2D eigenvalue weighted by Gasteiger charge is 2.34. The third-order valence-corrected chi connectivity index (χ3v) is 5.08. The van der Waals surface area contributed by atoms with E-state index in [9.17, 15) is 31.1 Å². The fraction of sp³-hybridized carbons (Fsp3) is 0.182. The third kappa shape index (κ3) is 4.12. The molecule has 2 aliphatic heterocycles. The zero-order chi connectivity index (χ0) is 23.3. The van der Waals surface area contributed by atoms with Crippen LogP contribution in [-0.2, 0) is 17.1 Å². The molecule has 0 fully saturated rings. The number of amides is 1. The van der Waals surface area contributed by atoms with Crippen molar-refractivity contribution in [1.29, 1.82) is 0 Å². The molecule has 1 N–H and O–H groups in total. The van der Waals surface area contributed by atoms with Crippen molar-refractivity contribution in [2.75, 3.05) is 0 Å². The Hall–Kier alpha value is -3.56. The van der Waals surface area contributed by atoms with E-state index in [4.69, 9.17) is 0 Å². The summed E-state index contributed by atoms with van der Waals surface area (Å²) in [4.78, 5) is 12.6. The lowest BCUT2D eigenvalue weighted by Crippen LogP contribution is -2.49. The minimum absolute atomic E-state index is 0.308. The van der Waals surface area contributed by atoms with Crippen molar-refractivity contribution >= 4 is 22.9 Å². The van der Waals surface area contributed by atoms with Crippen molar-refractivity contribution in [2.45, 2.75) is 25.4 Å². The molecule has 0 bridgehead atoms. The highest BCUT2D eigenvalue weighted by Crippen LogP contribution is 2.33. The van der Waals surface area contributed by atoms with Crippen LogP contribution in [0.4, 0.5) is 26.3 Å². The van der Waals surface area contributed by atoms with Crippen LogP contribution in [0.3, 0.4) is 0 Å². The molecule has 2 aromatic rings. The molecule has 0 spiro atoms. The summed E-state index contributed by atoms with van der Waals surface area (Å²) in [6, 6.07) is 8.90. The van der Waals surface area contributed by atoms with Crippen LogP contribution in [0.1, 0.15) is 29.2 Å². The average molecular weight is 451 g/mol. The van der Waals surface area contributed by atoms with E-state index in [0.717, 1.165) is 29.3 Å². The fourth-order valence-electron chi connectivity index (χ4n) is 3.46. The second-order valence-electron chi connectivity index (χ2n) is 7.25. The number of hydrogen-bond donors (Lipinski definition) is 1. The molecule has 1 amide bonds. The molecule has 0 aromatic heterocycles. The first-order chi connectivity index (χ1) is 14.9. The quantitative estimate of drug-likeness (QED) is 0.631. The molecule has 0 radical (unpaired) electrons. The zero-order valence-corrected chi connectivity index (χ0v) is 16.4. The first-order valence-corrected chi connectivity index (χ1v) is 9.37. The molecule has 2 aliphatic rings. The summed E-state index contributed by atoms with van der Waals surface area (Å²) in [5.41, 5.74) is 0.542. The van der Waals surface area contributed by atoms with E-state index >= 15 is 0 Å². The van der Waals surface area contributed by atoms with Crippen LogP contribution in [0.2, 0.25) is 0 Å². The molecule has 0 saturated carbocycles. The van der Waals surface area contributed by atoms with E-state index < -0.39 is 35.6 Å². The lowest BCUT2D eigenvalue weighted by atomic mass is 9.97. The van der Waals surface area contributed by atoms with Crippen LogP contribution in [-0.4, -0.2) is 22.8 Å². The molecular formula is C22H15F6N3O. The van der Waals surface area contributed by atoms with E-state index in [2.05, 4.69) is 10.4 Å². The van der Waals surface area contributed by atoms with Gasteiger partial charge < -0.3 is 5.32 Å². The van der Waals surface area contributed by atoms with E-state index in [0.29, 0.717) is 28.1 Å². The number of halogens is 6. The van der Waals surface area contributed by atoms with Crippen molar-refractivity contribution in [2.24, 2.45) is 5.10 Å². The Morgan fingerprint density at radius 1 is 0.844 bits per heavy atom.